The third-order valence-corrected chi connectivity index (χ3v) is 5.22. The molecule has 21 heavy (non-hydrogen) atoms. The molecular weight excluding hydrogens is 288 g/mol. The predicted octanol–water partition coefficient (Wildman–Crippen LogP) is 2.51. The van der Waals surface area contributed by atoms with Crippen LogP contribution in [0.2, 0.25) is 0 Å². The fourth-order valence-electron chi connectivity index (χ4n) is 3.54. The van der Waals surface area contributed by atoms with Crippen molar-refractivity contribution in [3.8, 4) is 0 Å². The smallest absolute Gasteiger partial charge is 0.234 e. The van der Waals surface area contributed by atoms with Gasteiger partial charge in [0.25, 0.3) is 0 Å². The largest absolute Gasteiger partial charge is 0.378 e. The maximum absolute atomic E-state index is 12.0. The lowest BCUT2D eigenvalue weighted by atomic mass is 9.58. The van der Waals surface area contributed by atoms with Gasteiger partial charge in [0.05, 0.1) is 12.6 Å². The van der Waals surface area contributed by atoms with E-state index in [4.69, 9.17) is 4.74 Å². The highest BCUT2D eigenvalue weighted by Crippen LogP contribution is 2.48. The Morgan fingerprint density at radius 1 is 1.24 bits per heavy atom. The fourth-order valence-corrected chi connectivity index (χ4v) is 3.54. The van der Waals surface area contributed by atoms with E-state index in [1.54, 1.807) is 0 Å². The van der Waals surface area contributed by atoms with Crippen LogP contribution in [0.3, 0.4) is 0 Å². The van der Waals surface area contributed by atoms with E-state index >= 15 is 0 Å². The molecule has 0 bridgehead atoms. The van der Waals surface area contributed by atoms with Crippen molar-refractivity contribution in [3.05, 3.63) is 0 Å². The van der Waals surface area contributed by atoms with Crippen molar-refractivity contribution in [2.24, 2.45) is 11.3 Å². The molecule has 1 amide bonds. The standard InChI is InChI=1S/C16H30N2O2.ClH/c1-4-16(5-2)13(9-14(16)20-6-3)18-15(19)11-17-10-12-7-8-12;/h12-14,17H,4-11H2,1-3H3,(H,18,19);1H. The summed E-state index contributed by atoms with van der Waals surface area (Å²) in [6, 6.07) is 0.282. The second kappa shape index (κ2) is 8.35. The summed E-state index contributed by atoms with van der Waals surface area (Å²) in [4.78, 5) is 12.0. The normalized spacial score (nSPS) is 26.6. The molecular formula is C16H31ClN2O2. The molecule has 0 aromatic carbocycles. The Morgan fingerprint density at radius 2 is 1.90 bits per heavy atom. The van der Waals surface area contributed by atoms with Crippen LogP contribution in [0.15, 0.2) is 0 Å². The van der Waals surface area contributed by atoms with Crippen LogP contribution < -0.4 is 10.6 Å². The van der Waals surface area contributed by atoms with E-state index in [-0.39, 0.29) is 29.8 Å². The average Bonchev–Trinajstić information content (AvgIpc) is 3.23. The van der Waals surface area contributed by atoms with E-state index < -0.39 is 0 Å². The molecule has 5 heteroatoms. The van der Waals surface area contributed by atoms with Crippen LogP contribution in [0, 0.1) is 11.3 Å². The van der Waals surface area contributed by atoms with Crippen molar-refractivity contribution < 1.29 is 9.53 Å². The molecule has 2 unspecified atom stereocenters. The molecule has 2 aliphatic carbocycles. The first-order valence-electron chi connectivity index (χ1n) is 8.27. The summed E-state index contributed by atoms with van der Waals surface area (Å²) >= 11 is 0. The van der Waals surface area contributed by atoms with Crippen LogP contribution in [-0.4, -0.2) is 37.7 Å². The zero-order chi connectivity index (χ0) is 14.6. The van der Waals surface area contributed by atoms with Gasteiger partial charge >= 0.3 is 0 Å². The van der Waals surface area contributed by atoms with Gasteiger partial charge in [0.2, 0.25) is 5.91 Å². The molecule has 0 saturated heterocycles. The molecule has 2 saturated carbocycles. The zero-order valence-corrected chi connectivity index (χ0v) is 14.4. The third kappa shape index (κ3) is 4.33. The van der Waals surface area contributed by atoms with E-state index in [1.807, 2.05) is 6.92 Å². The molecule has 124 valence electrons. The third-order valence-electron chi connectivity index (χ3n) is 5.22. The van der Waals surface area contributed by atoms with Crippen LogP contribution in [0.5, 0.6) is 0 Å². The highest BCUT2D eigenvalue weighted by molar-refractivity contribution is 5.85. The predicted molar refractivity (Wildman–Crippen MR) is 87.8 cm³/mol. The van der Waals surface area contributed by atoms with Gasteiger partial charge in [0.1, 0.15) is 0 Å². The summed E-state index contributed by atoms with van der Waals surface area (Å²) in [5, 5.41) is 6.47. The van der Waals surface area contributed by atoms with Crippen LogP contribution in [0.1, 0.15) is 52.9 Å². The fraction of sp³-hybridized carbons (Fsp3) is 0.938. The number of hydrogen-bond acceptors (Lipinski definition) is 3. The van der Waals surface area contributed by atoms with Gasteiger partial charge in [0, 0.05) is 18.1 Å². The summed E-state index contributed by atoms with van der Waals surface area (Å²) in [5.41, 5.74) is 0.141. The van der Waals surface area contributed by atoms with Gasteiger partial charge in [0.15, 0.2) is 0 Å². The lowest BCUT2D eigenvalue weighted by molar-refractivity contribution is -0.148. The Kier molecular flexibility index (Phi) is 7.45. The molecule has 0 aromatic heterocycles. The van der Waals surface area contributed by atoms with Gasteiger partial charge in [-0.2, -0.15) is 0 Å². The van der Waals surface area contributed by atoms with Gasteiger partial charge < -0.3 is 15.4 Å². The first-order chi connectivity index (χ1) is 9.66. The van der Waals surface area contributed by atoms with Gasteiger partial charge in [-0.05, 0) is 51.5 Å². The summed E-state index contributed by atoms with van der Waals surface area (Å²) in [5.74, 6) is 0.955. The van der Waals surface area contributed by atoms with Crippen LogP contribution in [-0.2, 0) is 9.53 Å². The minimum Gasteiger partial charge on any atom is -0.378 e. The van der Waals surface area contributed by atoms with Crippen molar-refractivity contribution in [1.29, 1.82) is 0 Å². The molecule has 0 heterocycles. The quantitative estimate of drug-likeness (QED) is 0.687. The number of hydrogen-bond donors (Lipinski definition) is 2. The van der Waals surface area contributed by atoms with Gasteiger partial charge in [-0.1, -0.05) is 13.8 Å². The maximum atomic E-state index is 12.0. The number of amides is 1. The Balaban J connectivity index is 0.00000220. The van der Waals surface area contributed by atoms with Crippen molar-refractivity contribution >= 4 is 18.3 Å². The summed E-state index contributed by atoms with van der Waals surface area (Å²) in [6.07, 6.45) is 6.05. The Bertz CT molecular complexity index is 330. The Labute approximate surface area is 135 Å². The second-order valence-electron chi connectivity index (χ2n) is 6.31. The highest BCUT2D eigenvalue weighted by Gasteiger charge is 2.53. The number of rotatable bonds is 9. The Morgan fingerprint density at radius 3 is 2.43 bits per heavy atom. The number of carbonyl (C=O) groups excluding carboxylic acids is 1. The van der Waals surface area contributed by atoms with Crippen molar-refractivity contribution in [2.45, 2.75) is 65.0 Å². The highest BCUT2D eigenvalue weighted by atomic mass is 35.5. The first kappa shape index (κ1) is 18.7. The second-order valence-corrected chi connectivity index (χ2v) is 6.31. The molecule has 0 spiro atoms. The van der Waals surface area contributed by atoms with Crippen LogP contribution in [0.25, 0.3) is 0 Å². The van der Waals surface area contributed by atoms with Crippen molar-refractivity contribution in [2.75, 3.05) is 19.7 Å². The van der Waals surface area contributed by atoms with E-state index in [2.05, 4.69) is 24.5 Å². The molecule has 2 fully saturated rings. The minimum atomic E-state index is 0. The molecule has 2 aliphatic rings. The SMILES string of the molecule is CCOC1CC(NC(=O)CNCC2CC2)C1(CC)CC.Cl. The van der Waals surface area contributed by atoms with Gasteiger partial charge in [-0.3, -0.25) is 4.79 Å². The minimum absolute atomic E-state index is 0. The molecule has 4 nitrogen and oxygen atoms in total. The van der Waals surface area contributed by atoms with Crippen LogP contribution in [0.4, 0.5) is 0 Å². The summed E-state index contributed by atoms with van der Waals surface area (Å²) < 4.78 is 5.84. The summed E-state index contributed by atoms with van der Waals surface area (Å²) in [7, 11) is 0. The molecule has 2 atom stereocenters. The maximum Gasteiger partial charge on any atom is 0.234 e. The van der Waals surface area contributed by atoms with Gasteiger partial charge in [-0.15, -0.1) is 12.4 Å². The average molecular weight is 319 g/mol. The number of ether oxygens (including phenoxy) is 1. The summed E-state index contributed by atoms with van der Waals surface area (Å²) in [6.45, 7) is 8.67. The topological polar surface area (TPSA) is 50.4 Å². The monoisotopic (exact) mass is 318 g/mol. The van der Waals surface area contributed by atoms with Crippen molar-refractivity contribution in [1.82, 2.24) is 10.6 Å². The molecule has 0 aliphatic heterocycles. The van der Waals surface area contributed by atoms with E-state index in [9.17, 15) is 4.79 Å². The first-order valence-corrected chi connectivity index (χ1v) is 8.27. The van der Waals surface area contributed by atoms with E-state index in [0.717, 1.165) is 38.3 Å². The lowest BCUT2D eigenvalue weighted by Gasteiger charge is -2.55. The van der Waals surface area contributed by atoms with Gasteiger partial charge in [-0.25, -0.2) is 0 Å². The molecule has 0 radical (unpaired) electrons. The van der Waals surface area contributed by atoms with E-state index in [1.165, 1.54) is 12.8 Å². The number of nitrogens with one attached hydrogen (secondary N) is 2. The molecule has 0 aromatic rings. The Hall–Kier alpha value is -0.320. The van der Waals surface area contributed by atoms with Crippen LogP contribution >= 0.6 is 12.4 Å². The molecule has 2 N–H and O–H groups in total. The number of halogens is 1. The zero-order valence-electron chi connectivity index (χ0n) is 13.6. The molecule has 2 rings (SSSR count). The lowest BCUT2D eigenvalue weighted by Crippen LogP contribution is -2.65. The number of carbonyl (C=O) groups is 1. The van der Waals surface area contributed by atoms with E-state index in [0.29, 0.717) is 12.6 Å². The van der Waals surface area contributed by atoms with Crippen molar-refractivity contribution in [3.63, 3.8) is 0 Å².